The van der Waals surface area contributed by atoms with E-state index in [1.165, 1.54) is 0 Å². The van der Waals surface area contributed by atoms with Crippen molar-refractivity contribution in [3.8, 4) is 0 Å². The second-order valence-corrected chi connectivity index (χ2v) is 9.06. The summed E-state index contributed by atoms with van der Waals surface area (Å²) in [5.41, 5.74) is 4.37. The van der Waals surface area contributed by atoms with E-state index in [-0.39, 0.29) is 57.6 Å². The lowest BCUT2D eigenvalue weighted by molar-refractivity contribution is -0.125. The molecule has 12 heteroatoms. The van der Waals surface area contributed by atoms with Gasteiger partial charge in [0, 0.05) is 39.3 Å². The van der Waals surface area contributed by atoms with Crippen molar-refractivity contribution in [3.63, 3.8) is 0 Å². The molecule has 0 saturated heterocycles. The minimum Gasteiger partial charge on any atom is -0.444 e. The van der Waals surface area contributed by atoms with Gasteiger partial charge in [-0.15, -0.1) is 0 Å². The third kappa shape index (κ3) is 18.2. The van der Waals surface area contributed by atoms with Crippen LogP contribution in [0.3, 0.4) is 0 Å². The topological polar surface area (TPSA) is 164 Å². The number of rotatable bonds is 12. The van der Waals surface area contributed by atoms with E-state index in [9.17, 15) is 19.2 Å². The van der Waals surface area contributed by atoms with Gasteiger partial charge in [0.05, 0.1) is 13.1 Å². The van der Waals surface area contributed by atoms with Gasteiger partial charge in [-0.1, -0.05) is 0 Å². The molecule has 0 aliphatic carbocycles. The van der Waals surface area contributed by atoms with Crippen LogP contribution in [0, 0.1) is 0 Å². The molecule has 0 radical (unpaired) electrons. The molecule has 0 rings (SSSR count). The standard InChI is InChI=1S/C20H40N6O6/c1-19(2,3)31-17(29)24-10-8-22-15(27)13-26(12-7-21)14-16(28)23-9-11-25-18(30)32-20(4,5)6/h7-14,21H2,1-6H3,(H,22,27)(H,23,28)(H,24,29)(H,25,30). The van der Waals surface area contributed by atoms with E-state index in [1.54, 1.807) is 46.4 Å². The summed E-state index contributed by atoms with van der Waals surface area (Å²) >= 11 is 0. The largest absolute Gasteiger partial charge is 0.444 e. The van der Waals surface area contributed by atoms with Crippen LogP contribution in [0.25, 0.3) is 0 Å². The zero-order chi connectivity index (χ0) is 24.8. The smallest absolute Gasteiger partial charge is 0.407 e. The molecule has 0 bridgehead atoms. The Labute approximate surface area is 190 Å². The van der Waals surface area contributed by atoms with Gasteiger partial charge in [-0.3, -0.25) is 14.5 Å². The predicted octanol–water partition coefficient (Wildman–Crippen LogP) is -0.471. The molecule has 0 aliphatic rings. The lowest BCUT2D eigenvalue weighted by atomic mass is 10.2. The zero-order valence-electron chi connectivity index (χ0n) is 20.1. The molecule has 32 heavy (non-hydrogen) atoms. The van der Waals surface area contributed by atoms with Crippen LogP contribution >= 0.6 is 0 Å². The number of alkyl carbamates (subject to hydrolysis) is 2. The van der Waals surface area contributed by atoms with Crippen LogP contribution in [0.2, 0.25) is 0 Å². The first-order valence-electron chi connectivity index (χ1n) is 10.6. The summed E-state index contributed by atoms with van der Waals surface area (Å²) in [6, 6.07) is 0. The molecule has 0 aromatic rings. The molecule has 186 valence electrons. The lowest BCUT2D eigenvalue weighted by Gasteiger charge is -2.21. The highest BCUT2D eigenvalue weighted by molar-refractivity contribution is 5.81. The molecular weight excluding hydrogens is 420 g/mol. The van der Waals surface area contributed by atoms with Crippen LogP contribution in [0.4, 0.5) is 9.59 Å². The summed E-state index contributed by atoms with van der Waals surface area (Å²) in [5.74, 6) is -0.604. The molecule has 4 amide bonds. The van der Waals surface area contributed by atoms with Crippen molar-refractivity contribution in [2.24, 2.45) is 5.73 Å². The number of amides is 4. The summed E-state index contributed by atoms with van der Waals surface area (Å²) < 4.78 is 10.2. The number of nitrogens with zero attached hydrogens (tertiary/aromatic N) is 1. The van der Waals surface area contributed by atoms with Gasteiger partial charge in [-0.25, -0.2) is 9.59 Å². The highest BCUT2D eigenvalue weighted by atomic mass is 16.6. The summed E-state index contributed by atoms with van der Waals surface area (Å²) in [6.45, 7) is 12.0. The van der Waals surface area contributed by atoms with Crippen molar-refractivity contribution >= 4 is 24.0 Å². The second-order valence-electron chi connectivity index (χ2n) is 9.06. The molecule has 0 aromatic carbocycles. The molecule has 6 N–H and O–H groups in total. The molecule has 0 fully saturated rings. The molecule has 0 saturated carbocycles. The van der Waals surface area contributed by atoms with Crippen LogP contribution in [-0.2, 0) is 19.1 Å². The lowest BCUT2D eigenvalue weighted by Crippen LogP contribution is -2.46. The Morgan fingerprint density at radius 2 is 1.03 bits per heavy atom. The molecule has 0 aliphatic heterocycles. The Hall–Kier alpha value is -2.60. The molecule has 0 heterocycles. The first-order valence-corrected chi connectivity index (χ1v) is 10.6. The monoisotopic (exact) mass is 460 g/mol. The Morgan fingerprint density at radius 1 is 0.688 bits per heavy atom. The molecule has 0 unspecified atom stereocenters. The van der Waals surface area contributed by atoms with E-state index in [4.69, 9.17) is 15.2 Å². The summed E-state index contributed by atoms with van der Waals surface area (Å²) in [6.07, 6.45) is -1.12. The zero-order valence-corrected chi connectivity index (χ0v) is 20.1. The van der Waals surface area contributed by atoms with E-state index in [0.717, 1.165) is 0 Å². The van der Waals surface area contributed by atoms with Gasteiger partial charge in [0.1, 0.15) is 11.2 Å². The van der Waals surface area contributed by atoms with E-state index < -0.39 is 23.4 Å². The van der Waals surface area contributed by atoms with Crippen LogP contribution in [0.5, 0.6) is 0 Å². The highest BCUT2D eigenvalue weighted by Crippen LogP contribution is 2.06. The van der Waals surface area contributed by atoms with Crippen LogP contribution < -0.4 is 27.0 Å². The average Bonchev–Trinajstić information content (AvgIpc) is 2.59. The van der Waals surface area contributed by atoms with E-state index >= 15 is 0 Å². The van der Waals surface area contributed by atoms with E-state index in [2.05, 4.69) is 21.3 Å². The minimum absolute atomic E-state index is 0.0206. The van der Waals surface area contributed by atoms with Gasteiger partial charge in [0.2, 0.25) is 11.8 Å². The number of carbonyl (C=O) groups is 4. The molecule has 0 atom stereocenters. The molecule has 12 nitrogen and oxygen atoms in total. The maximum atomic E-state index is 12.1. The van der Waals surface area contributed by atoms with Crippen molar-refractivity contribution in [2.75, 3.05) is 52.4 Å². The first kappa shape index (κ1) is 29.4. The minimum atomic E-state index is -0.595. The number of hydrogen-bond donors (Lipinski definition) is 5. The molecular formula is C20H40N6O6. The Bertz CT molecular complexity index is 565. The van der Waals surface area contributed by atoms with Gasteiger partial charge in [0.25, 0.3) is 0 Å². The second kappa shape index (κ2) is 14.5. The maximum absolute atomic E-state index is 12.1. The Balaban J connectivity index is 4.15. The number of ether oxygens (including phenoxy) is 2. The number of carbonyl (C=O) groups excluding carboxylic acids is 4. The van der Waals surface area contributed by atoms with Gasteiger partial charge in [0.15, 0.2) is 0 Å². The van der Waals surface area contributed by atoms with Gasteiger partial charge in [-0.2, -0.15) is 0 Å². The Morgan fingerprint density at radius 3 is 1.34 bits per heavy atom. The number of nitrogens with one attached hydrogen (secondary N) is 4. The average molecular weight is 461 g/mol. The molecule has 0 aromatic heterocycles. The quantitative estimate of drug-likeness (QED) is 0.244. The van der Waals surface area contributed by atoms with Gasteiger partial charge < -0.3 is 36.5 Å². The number of nitrogens with two attached hydrogens (primary N) is 1. The van der Waals surface area contributed by atoms with Crippen molar-refractivity contribution in [1.82, 2.24) is 26.2 Å². The van der Waals surface area contributed by atoms with Gasteiger partial charge >= 0.3 is 12.2 Å². The summed E-state index contributed by atoms with van der Waals surface area (Å²) in [4.78, 5) is 48.9. The van der Waals surface area contributed by atoms with Gasteiger partial charge in [-0.05, 0) is 41.5 Å². The van der Waals surface area contributed by atoms with Crippen molar-refractivity contribution in [3.05, 3.63) is 0 Å². The fourth-order valence-corrected chi connectivity index (χ4v) is 2.28. The normalized spacial score (nSPS) is 11.5. The van der Waals surface area contributed by atoms with Crippen LogP contribution in [-0.4, -0.2) is 92.5 Å². The van der Waals surface area contributed by atoms with Crippen molar-refractivity contribution < 1.29 is 28.7 Å². The molecule has 0 spiro atoms. The summed E-state index contributed by atoms with van der Waals surface area (Å²) in [7, 11) is 0. The third-order valence-electron chi connectivity index (χ3n) is 3.41. The SMILES string of the molecule is CC(C)(C)OC(=O)NCCNC(=O)CN(CCN)CC(=O)NCCNC(=O)OC(C)(C)C. The van der Waals surface area contributed by atoms with Crippen LogP contribution in [0.15, 0.2) is 0 Å². The fraction of sp³-hybridized carbons (Fsp3) is 0.800. The predicted molar refractivity (Wildman–Crippen MR) is 120 cm³/mol. The first-order chi connectivity index (χ1) is 14.7. The van der Waals surface area contributed by atoms with E-state index in [1.807, 2.05) is 0 Å². The third-order valence-corrected chi connectivity index (χ3v) is 3.41. The van der Waals surface area contributed by atoms with Crippen LogP contribution in [0.1, 0.15) is 41.5 Å². The fourth-order valence-electron chi connectivity index (χ4n) is 2.28. The highest BCUT2D eigenvalue weighted by Gasteiger charge is 2.17. The van der Waals surface area contributed by atoms with Crippen molar-refractivity contribution in [2.45, 2.75) is 52.7 Å². The Kier molecular flexibility index (Phi) is 13.3. The van der Waals surface area contributed by atoms with E-state index in [0.29, 0.717) is 6.54 Å². The number of hydrogen-bond acceptors (Lipinski definition) is 8. The maximum Gasteiger partial charge on any atom is 0.407 e. The van der Waals surface area contributed by atoms with Crippen molar-refractivity contribution in [1.29, 1.82) is 0 Å². The summed E-state index contributed by atoms with van der Waals surface area (Å²) in [5, 5.41) is 10.4.